The molecule has 1 N–H and O–H groups in total. The highest BCUT2D eigenvalue weighted by molar-refractivity contribution is 7.90. The lowest BCUT2D eigenvalue weighted by molar-refractivity contribution is 0.0925. The van der Waals surface area contributed by atoms with Crippen LogP contribution in [0.25, 0.3) is 0 Å². The summed E-state index contributed by atoms with van der Waals surface area (Å²) in [7, 11) is -3.89. The van der Waals surface area contributed by atoms with Crippen molar-refractivity contribution in [1.82, 2.24) is 5.32 Å². The molecule has 1 fully saturated rings. The summed E-state index contributed by atoms with van der Waals surface area (Å²) in [4.78, 5) is 15.1. The number of carbonyl (C=O) groups is 1. The van der Waals surface area contributed by atoms with Crippen LogP contribution in [0.1, 0.15) is 61.5 Å². The Morgan fingerprint density at radius 3 is 2.58 bits per heavy atom. The van der Waals surface area contributed by atoms with E-state index < -0.39 is 15.9 Å². The quantitative estimate of drug-likeness (QED) is 0.701. The van der Waals surface area contributed by atoms with E-state index >= 15 is 0 Å². The van der Waals surface area contributed by atoms with Gasteiger partial charge in [0.15, 0.2) is 0 Å². The molecule has 2 aromatic rings. The third kappa shape index (κ3) is 4.34. The van der Waals surface area contributed by atoms with E-state index in [0.29, 0.717) is 24.5 Å². The first kappa shape index (κ1) is 21.8. The van der Waals surface area contributed by atoms with Crippen LogP contribution in [0.15, 0.2) is 51.8 Å². The Hall–Kier alpha value is -2.38. The molecule has 4 rings (SSSR count). The fraction of sp³-hybridized carbons (Fsp3) is 0.391. The maximum atomic E-state index is 13.1. The Kier molecular flexibility index (Phi) is 6.08. The van der Waals surface area contributed by atoms with Gasteiger partial charge >= 0.3 is 0 Å². The average molecular weight is 460 g/mol. The number of hydrogen-bond donors (Lipinski definition) is 1. The van der Waals surface area contributed by atoms with Gasteiger partial charge in [0.2, 0.25) is 0 Å². The summed E-state index contributed by atoms with van der Waals surface area (Å²) in [5.41, 5.74) is 1.63. The molecule has 6 nitrogen and oxygen atoms in total. The molecule has 8 heteroatoms. The molecule has 2 aromatic carbocycles. The zero-order valence-electron chi connectivity index (χ0n) is 17.6. The minimum atomic E-state index is -3.89. The van der Waals surface area contributed by atoms with Crippen LogP contribution < -0.4 is 10.2 Å². The van der Waals surface area contributed by atoms with Crippen LogP contribution in [-0.4, -0.2) is 26.7 Å². The first-order chi connectivity index (χ1) is 14.8. The number of carbonyl (C=O) groups excluding carboxylic acids is 1. The number of rotatable bonds is 4. The largest absolute Gasteiger partial charge is 0.345 e. The normalized spacial score (nSPS) is 18.5. The molecule has 2 heterocycles. The third-order valence-corrected chi connectivity index (χ3v) is 7.44. The molecule has 0 aromatic heterocycles. The summed E-state index contributed by atoms with van der Waals surface area (Å²) in [5, 5.41) is 3.25. The van der Waals surface area contributed by atoms with Crippen LogP contribution >= 0.6 is 11.6 Å². The van der Waals surface area contributed by atoms with Crippen molar-refractivity contribution in [2.24, 2.45) is 10.3 Å². The SMILES string of the molecule is CC(C)[C@H](NC(=O)c1cc2c(cc1Cl)N1CCCCCC1=NS2(=O)=O)c1ccccc1. The van der Waals surface area contributed by atoms with Crippen LogP contribution in [0.4, 0.5) is 5.69 Å². The van der Waals surface area contributed by atoms with E-state index in [4.69, 9.17) is 11.6 Å². The van der Waals surface area contributed by atoms with Gasteiger partial charge in [-0.05, 0) is 36.5 Å². The van der Waals surface area contributed by atoms with Crippen molar-refractivity contribution in [2.75, 3.05) is 11.4 Å². The van der Waals surface area contributed by atoms with Crippen LogP contribution in [0.3, 0.4) is 0 Å². The van der Waals surface area contributed by atoms with Crippen LogP contribution in [0.5, 0.6) is 0 Å². The van der Waals surface area contributed by atoms with Gasteiger partial charge in [-0.2, -0.15) is 8.42 Å². The maximum absolute atomic E-state index is 13.1. The van der Waals surface area contributed by atoms with E-state index in [2.05, 4.69) is 9.71 Å². The number of benzene rings is 2. The Labute approximate surface area is 188 Å². The van der Waals surface area contributed by atoms with Gasteiger partial charge in [0.1, 0.15) is 10.7 Å². The molecule has 0 unspecified atom stereocenters. The molecule has 0 spiro atoms. The molecular weight excluding hydrogens is 434 g/mol. The first-order valence-corrected chi connectivity index (χ1v) is 12.4. The Morgan fingerprint density at radius 1 is 1.13 bits per heavy atom. The van der Waals surface area contributed by atoms with Crippen molar-refractivity contribution < 1.29 is 13.2 Å². The predicted octanol–water partition coefficient (Wildman–Crippen LogP) is 4.95. The molecular formula is C23H26ClN3O3S. The topological polar surface area (TPSA) is 78.8 Å². The number of anilines is 1. The first-order valence-electron chi connectivity index (χ1n) is 10.6. The number of amidine groups is 1. The summed E-state index contributed by atoms with van der Waals surface area (Å²) in [6.07, 6.45) is 3.50. The molecule has 2 aliphatic rings. The number of nitrogens with one attached hydrogen (secondary N) is 1. The van der Waals surface area contributed by atoms with Gasteiger partial charge in [0.25, 0.3) is 15.9 Å². The van der Waals surface area contributed by atoms with Gasteiger partial charge in [0, 0.05) is 13.0 Å². The molecule has 0 aliphatic carbocycles. The molecule has 1 atom stereocenters. The highest BCUT2D eigenvalue weighted by Gasteiger charge is 2.33. The van der Waals surface area contributed by atoms with Crippen molar-refractivity contribution in [3.8, 4) is 0 Å². The van der Waals surface area contributed by atoms with E-state index in [0.717, 1.165) is 24.8 Å². The zero-order chi connectivity index (χ0) is 22.2. The van der Waals surface area contributed by atoms with Crippen molar-refractivity contribution >= 4 is 39.1 Å². The van der Waals surface area contributed by atoms with Crippen molar-refractivity contribution in [3.05, 3.63) is 58.6 Å². The van der Waals surface area contributed by atoms with Gasteiger partial charge in [-0.25, -0.2) is 0 Å². The second-order valence-electron chi connectivity index (χ2n) is 8.35. The third-order valence-electron chi connectivity index (χ3n) is 5.79. The molecule has 164 valence electrons. The zero-order valence-corrected chi connectivity index (χ0v) is 19.2. The van der Waals surface area contributed by atoms with Crippen LogP contribution in [0.2, 0.25) is 5.02 Å². The summed E-state index contributed by atoms with van der Waals surface area (Å²) in [5.74, 6) is 0.286. The van der Waals surface area contributed by atoms with Gasteiger partial charge in [-0.1, -0.05) is 62.2 Å². The summed E-state index contributed by atoms with van der Waals surface area (Å²) in [6.45, 7) is 4.73. The standard InChI is InChI=1S/C23H26ClN3O3S/c1-15(2)22(16-9-5-3-6-10-16)25-23(28)17-13-20-19(14-18(17)24)27-12-8-4-7-11-21(27)26-31(20,29)30/h3,5-6,9-10,13-15,22H,4,7-8,11-12H2,1-2H3,(H,25,28)/t22-/m0/s1. The fourth-order valence-electron chi connectivity index (χ4n) is 4.18. The van der Waals surface area contributed by atoms with E-state index in [-0.39, 0.29) is 27.4 Å². The van der Waals surface area contributed by atoms with E-state index in [9.17, 15) is 13.2 Å². The number of hydrogen-bond acceptors (Lipinski definition) is 4. The highest BCUT2D eigenvalue weighted by atomic mass is 35.5. The van der Waals surface area contributed by atoms with Gasteiger partial charge in [0.05, 0.1) is 22.3 Å². The minimum Gasteiger partial charge on any atom is -0.345 e. The van der Waals surface area contributed by atoms with E-state index in [1.165, 1.54) is 6.07 Å². The number of nitrogens with zero attached hydrogens (tertiary/aromatic N) is 2. The Balaban J connectivity index is 1.71. The lowest BCUT2D eigenvalue weighted by atomic mass is 9.95. The van der Waals surface area contributed by atoms with Crippen molar-refractivity contribution in [2.45, 2.75) is 50.5 Å². The monoisotopic (exact) mass is 459 g/mol. The number of fused-ring (bicyclic) bond motifs is 3. The molecule has 0 bridgehead atoms. The fourth-order valence-corrected chi connectivity index (χ4v) is 5.69. The van der Waals surface area contributed by atoms with Crippen LogP contribution in [-0.2, 0) is 10.0 Å². The van der Waals surface area contributed by atoms with Crippen molar-refractivity contribution in [3.63, 3.8) is 0 Å². The number of halogens is 1. The maximum Gasteiger partial charge on any atom is 0.286 e. The van der Waals surface area contributed by atoms with E-state index in [1.54, 1.807) is 6.07 Å². The average Bonchev–Trinajstić information content (AvgIpc) is 2.96. The lowest BCUT2D eigenvalue weighted by Crippen LogP contribution is -2.36. The number of sulfonamides is 1. The number of amides is 1. The van der Waals surface area contributed by atoms with Gasteiger partial charge in [-0.3, -0.25) is 4.79 Å². The second kappa shape index (κ2) is 8.63. The van der Waals surface area contributed by atoms with Crippen molar-refractivity contribution in [1.29, 1.82) is 0 Å². The second-order valence-corrected chi connectivity index (χ2v) is 10.3. The molecule has 0 saturated carbocycles. The molecule has 1 saturated heterocycles. The molecule has 31 heavy (non-hydrogen) atoms. The van der Waals surface area contributed by atoms with Gasteiger partial charge < -0.3 is 10.2 Å². The predicted molar refractivity (Wildman–Crippen MR) is 123 cm³/mol. The Bertz CT molecular complexity index is 1130. The molecule has 0 radical (unpaired) electrons. The minimum absolute atomic E-state index is 0.0357. The Morgan fingerprint density at radius 2 is 1.87 bits per heavy atom. The van der Waals surface area contributed by atoms with Crippen LogP contribution in [0, 0.1) is 5.92 Å². The van der Waals surface area contributed by atoms with Gasteiger partial charge in [-0.15, -0.1) is 4.40 Å². The lowest BCUT2D eigenvalue weighted by Gasteiger charge is -2.30. The molecule has 1 amide bonds. The van der Waals surface area contributed by atoms with E-state index in [1.807, 2.05) is 49.1 Å². The summed E-state index contributed by atoms with van der Waals surface area (Å²) < 4.78 is 29.8. The highest BCUT2D eigenvalue weighted by Crippen LogP contribution is 2.38. The molecule has 2 aliphatic heterocycles. The smallest absolute Gasteiger partial charge is 0.286 e. The summed E-state index contributed by atoms with van der Waals surface area (Å²) >= 11 is 6.51. The summed E-state index contributed by atoms with van der Waals surface area (Å²) in [6, 6.07) is 12.4.